The summed E-state index contributed by atoms with van der Waals surface area (Å²) in [6.07, 6.45) is 0. The van der Waals surface area contributed by atoms with Gasteiger partial charge in [-0.15, -0.1) is 0 Å². The number of benzene rings is 4. The zero-order valence-electron chi connectivity index (χ0n) is 18.2. The Bertz CT molecular complexity index is 1090. The third-order valence-corrected chi connectivity index (χ3v) is 5.54. The van der Waals surface area contributed by atoms with Gasteiger partial charge in [-0.25, -0.2) is 0 Å². The van der Waals surface area contributed by atoms with Crippen molar-refractivity contribution in [2.75, 3.05) is 0 Å². The van der Waals surface area contributed by atoms with E-state index in [0.29, 0.717) is 0 Å². The SMILES string of the molecule is Cc1ccc(/C(=C(/c2ccc(C)cc2)c2cccc(C)c2)c2cccc(C)c2)cc1. The zero-order chi connectivity index (χ0) is 21.1. The molecular formula is C30H28. The van der Waals surface area contributed by atoms with Crippen LogP contribution in [0.2, 0.25) is 0 Å². The van der Waals surface area contributed by atoms with E-state index in [2.05, 4.69) is 125 Å². The molecule has 0 aliphatic rings. The van der Waals surface area contributed by atoms with Crippen LogP contribution in [-0.4, -0.2) is 0 Å². The molecular weight excluding hydrogens is 360 g/mol. The van der Waals surface area contributed by atoms with Gasteiger partial charge in [0.1, 0.15) is 0 Å². The van der Waals surface area contributed by atoms with E-state index in [0.717, 1.165) is 0 Å². The summed E-state index contributed by atoms with van der Waals surface area (Å²) in [5.41, 5.74) is 12.6. The van der Waals surface area contributed by atoms with Crippen molar-refractivity contribution in [1.29, 1.82) is 0 Å². The molecule has 0 radical (unpaired) electrons. The predicted molar refractivity (Wildman–Crippen MR) is 130 cm³/mol. The summed E-state index contributed by atoms with van der Waals surface area (Å²) >= 11 is 0. The maximum absolute atomic E-state index is 2.29. The number of hydrogen-bond acceptors (Lipinski definition) is 0. The number of aryl methyl sites for hydroxylation is 4. The average Bonchev–Trinajstić information content (AvgIpc) is 2.74. The lowest BCUT2D eigenvalue weighted by atomic mass is 9.84. The molecule has 4 aromatic carbocycles. The summed E-state index contributed by atoms with van der Waals surface area (Å²) in [6.45, 7) is 8.60. The van der Waals surface area contributed by atoms with Gasteiger partial charge < -0.3 is 0 Å². The van der Waals surface area contributed by atoms with Gasteiger partial charge in [0.15, 0.2) is 0 Å². The Morgan fingerprint density at radius 1 is 0.367 bits per heavy atom. The normalized spacial score (nSPS) is 11.9. The molecule has 4 aromatic rings. The molecule has 0 unspecified atom stereocenters. The summed E-state index contributed by atoms with van der Waals surface area (Å²) in [6, 6.07) is 35.5. The van der Waals surface area contributed by atoms with Crippen molar-refractivity contribution in [3.8, 4) is 0 Å². The lowest BCUT2D eigenvalue weighted by Crippen LogP contribution is -1.98. The second-order valence-corrected chi connectivity index (χ2v) is 8.22. The van der Waals surface area contributed by atoms with Crippen LogP contribution in [0.1, 0.15) is 44.5 Å². The van der Waals surface area contributed by atoms with Crippen LogP contribution in [0.3, 0.4) is 0 Å². The number of rotatable bonds is 4. The fraction of sp³-hybridized carbons (Fsp3) is 0.133. The first-order chi connectivity index (χ1) is 14.5. The summed E-state index contributed by atoms with van der Waals surface area (Å²) in [5, 5.41) is 0. The Labute approximate surface area is 180 Å². The van der Waals surface area contributed by atoms with Gasteiger partial charge >= 0.3 is 0 Å². The first-order valence-corrected chi connectivity index (χ1v) is 10.5. The van der Waals surface area contributed by atoms with E-state index in [9.17, 15) is 0 Å². The monoisotopic (exact) mass is 388 g/mol. The molecule has 0 aliphatic heterocycles. The van der Waals surface area contributed by atoms with Crippen LogP contribution < -0.4 is 0 Å². The van der Waals surface area contributed by atoms with Crippen molar-refractivity contribution in [3.05, 3.63) is 142 Å². The highest BCUT2D eigenvalue weighted by Crippen LogP contribution is 2.37. The first kappa shape index (κ1) is 19.9. The van der Waals surface area contributed by atoms with Gasteiger partial charge in [0, 0.05) is 0 Å². The molecule has 4 rings (SSSR count). The van der Waals surface area contributed by atoms with Crippen LogP contribution in [0, 0.1) is 27.7 Å². The molecule has 0 aliphatic carbocycles. The van der Waals surface area contributed by atoms with Crippen LogP contribution in [0.4, 0.5) is 0 Å². The van der Waals surface area contributed by atoms with E-state index < -0.39 is 0 Å². The largest absolute Gasteiger partial charge is 0.0614 e. The van der Waals surface area contributed by atoms with Crippen molar-refractivity contribution in [2.24, 2.45) is 0 Å². The summed E-state index contributed by atoms with van der Waals surface area (Å²) in [4.78, 5) is 0. The van der Waals surface area contributed by atoms with Gasteiger partial charge in [0.05, 0.1) is 0 Å². The van der Waals surface area contributed by atoms with Crippen LogP contribution in [0.5, 0.6) is 0 Å². The summed E-state index contributed by atoms with van der Waals surface area (Å²) in [7, 11) is 0. The zero-order valence-corrected chi connectivity index (χ0v) is 18.2. The lowest BCUT2D eigenvalue weighted by molar-refractivity contribution is 1.40. The van der Waals surface area contributed by atoms with Crippen LogP contribution in [-0.2, 0) is 0 Å². The van der Waals surface area contributed by atoms with Crippen LogP contribution >= 0.6 is 0 Å². The molecule has 0 heteroatoms. The Kier molecular flexibility index (Phi) is 5.68. The fourth-order valence-electron chi connectivity index (χ4n) is 3.95. The highest BCUT2D eigenvalue weighted by atomic mass is 14.2. The van der Waals surface area contributed by atoms with Crippen LogP contribution in [0.15, 0.2) is 97.1 Å². The molecule has 0 atom stereocenters. The Hall–Kier alpha value is -3.38. The van der Waals surface area contributed by atoms with E-state index in [4.69, 9.17) is 0 Å². The van der Waals surface area contributed by atoms with Crippen molar-refractivity contribution in [1.82, 2.24) is 0 Å². The van der Waals surface area contributed by atoms with Gasteiger partial charge in [-0.2, -0.15) is 0 Å². The minimum absolute atomic E-state index is 1.24. The topological polar surface area (TPSA) is 0 Å². The Morgan fingerprint density at radius 3 is 1.07 bits per heavy atom. The Morgan fingerprint density at radius 2 is 0.733 bits per heavy atom. The van der Waals surface area contributed by atoms with Gasteiger partial charge in [0.2, 0.25) is 0 Å². The molecule has 0 aromatic heterocycles. The van der Waals surface area contributed by atoms with E-state index in [1.807, 2.05) is 0 Å². The third kappa shape index (κ3) is 4.28. The molecule has 0 amide bonds. The summed E-state index contributed by atoms with van der Waals surface area (Å²) in [5.74, 6) is 0. The number of hydrogen-bond donors (Lipinski definition) is 0. The van der Waals surface area contributed by atoms with Gasteiger partial charge in [-0.3, -0.25) is 0 Å². The van der Waals surface area contributed by atoms with E-state index >= 15 is 0 Å². The minimum Gasteiger partial charge on any atom is -0.0614 e. The van der Waals surface area contributed by atoms with Crippen LogP contribution in [0.25, 0.3) is 11.1 Å². The second-order valence-electron chi connectivity index (χ2n) is 8.22. The highest BCUT2D eigenvalue weighted by Gasteiger charge is 2.16. The molecule has 148 valence electrons. The van der Waals surface area contributed by atoms with Gasteiger partial charge in [0.25, 0.3) is 0 Å². The molecule has 0 nitrogen and oxygen atoms in total. The predicted octanol–water partition coefficient (Wildman–Crippen LogP) is 7.93. The quantitative estimate of drug-likeness (QED) is 0.311. The second kappa shape index (κ2) is 8.55. The molecule has 30 heavy (non-hydrogen) atoms. The fourth-order valence-corrected chi connectivity index (χ4v) is 3.95. The van der Waals surface area contributed by atoms with Gasteiger partial charge in [-0.05, 0) is 61.1 Å². The molecule has 0 spiro atoms. The first-order valence-electron chi connectivity index (χ1n) is 10.5. The molecule has 0 N–H and O–H groups in total. The maximum Gasteiger partial charge on any atom is -0.00267 e. The molecule has 0 fully saturated rings. The van der Waals surface area contributed by atoms with Crippen molar-refractivity contribution in [2.45, 2.75) is 27.7 Å². The Balaban J connectivity index is 2.11. The standard InChI is InChI=1S/C30H28/c1-21-11-15-25(16-12-21)29(27-9-5-7-23(3)19-27)30(26-17-13-22(2)14-18-26)28-10-6-8-24(4)20-28/h5-20H,1-4H3/b30-29+. The smallest absolute Gasteiger partial charge is 0.00267 e. The van der Waals surface area contributed by atoms with Gasteiger partial charge in [-0.1, -0.05) is 119 Å². The third-order valence-electron chi connectivity index (χ3n) is 5.54. The van der Waals surface area contributed by atoms with Crippen molar-refractivity contribution < 1.29 is 0 Å². The van der Waals surface area contributed by atoms with Crippen molar-refractivity contribution >= 4 is 11.1 Å². The van der Waals surface area contributed by atoms with Crippen molar-refractivity contribution in [3.63, 3.8) is 0 Å². The summed E-state index contributed by atoms with van der Waals surface area (Å²) < 4.78 is 0. The highest BCUT2D eigenvalue weighted by molar-refractivity contribution is 6.04. The molecule has 0 bridgehead atoms. The molecule has 0 saturated heterocycles. The van der Waals surface area contributed by atoms with E-state index in [-0.39, 0.29) is 0 Å². The minimum atomic E-state index is 1.24. The molecule has 0 heterocycles. The lowest BCUT2D eigenvalue weighted by Gasteiger charge is -2.19. The van der Waals surface area contributed by atoms with E-state index in [1.165, 1.54) is 55.7 Å². The maximum atomic E-state index is 2.29. The average molecular weight is 389 g/mol. The van der Waals surface area contributed by atoms with E-state index in [1.54, 1.807) is 0 Å². The molecule has 0 saturated carbocycles.